The van der Waals surface area contributed by atoms with Crippen molar-refractivity contribution in [3.63, 3.8) is 0 Å². The Kier molecular flexibility index (Phi) is 3.52. The smallest absolute Gasteiger partial charge is 0.154 e. The molecule has 2 heterocycles. The van der Waals surface area contributed by atoms with Crippen LogP contribution >= 0.6 is 27.5 Å². The number of aryl methyl sites for hydroxylation is 1. The molecule has 0 aromatic carbocycles. The van der Waals surface area contributed by atoms with Gasteiger partial charge in [0.2, 0.25) is 0 Å². The van der Waals surface area contributed by atoms with E-state index in [9.17, 15) is 5.11 Å². The standard InChI is InChI=1S/C10H14BrN5OS/c1-10(2,3)8-7(18-15-12-8)6(17)5-9(11)13-14-16(5)4/h6,17H,1-4H3. The van der Waals surface area contributed by atoms with Crippen molar-refractivity contribution in [2.45, 2.75) is 32.3 Å². The molecule has 0 saturated heterocycles. The van der Waals surface area contributed by atoms with Crippen LogP contribution in [0.4, 0.5) is 0 Å². The summed E-state index contributed by atoms with van der Waals surface area (Å²) in [6.07, 6.45) is -0.825. The Morgan fingerprint density at radius 3 is 2.50 bits per heavy atom. The Bertz CT molecular complexity index is 539. The zero-order chi connectivity index (χ0) is 13.5. The van der Waals surface area contributed by atoms with Crippen LogP contribution in [-0.2, 0) is 12.5 Å². The topological polar surface area (TPSA) is 76.7 Å². The van der Waals surface area contributed by atoms with Gasteiger partial charge in [0.1, 0.15) is 11.8 Å². The largest absolute Gasteiger partial charge is 0.381 e. The second-order valence-corrected chi connectivity index (χ2v) is 6.56. The van der Waals surface area contributed by atoms with E-state index in [0.29, 0.717) is 10.3 Å². The third kappa shape index (κ3) is 2.32. The van der Waals surface area contributed by atoms with Crippen molar-refractivity contribution in [1.29, 1.82) is 0 Å². The molecular formula is C10H14BrN5OS. The molecule has 0 spiro atoms. The average Bonchev–Trinajstić information content (AvgIpc) is 2.84. The molecule has 0 aliphatic carbocycles. The molecule has 0 saturated carbocycles. The number of nitrogens with zero attached hydrogens (tertiary/aromatic N) is 5. The summed E-state index contributed by atoms with van der Waals surface area (Å²) in [4.78, 5) is 0.730. The van der Waals surface area contributed by atoms with Crippen molar-refractivity contribution >= 4 is 27.5 Å². The van der Waals surface area contributed by atoms with Crippen LogP contribution in [0, 0.1) is 0 Å². The van der Waals surface area contributed by atoms with Crippen molar-refractivity contribution in [1.82, 2.24) is 24.6 Å². The van der Waals surface area contributed by atoms with Gasteiger partial charge in [-0.25, -0.2) is 4.68 Å². The first kappa shape index (κ1) is 13.6. The van der Waals surface area contributed by atoms with Crippen molar-refractivity contribution in [2.75, 3.05) is 0 Å². The number of rotatable bonds is 2. The lowest BCUT2D eigenvalue weighted by molar-refractivity contribution is 0.210. The predicted molar refractivity (Wildman–Crippen MR) is 71.4 cm³/mol. The minimum Gasteiger partial charge on any atom is -0.381 e. The highest BCUT2D eigenvalue weighted by Gasteiger charge is 2.30. The second kappa shape index (κ2) is 4.67. The number of hydrogen-bond donors (Lipinski definition) is 1. The van der Waals surface area contributed by atoms with Crippen LogP contribution in [0.15, 0.2) is 4.60 Å². The molecule has 2 rings (SSSR count). The van der Waals surface area contributed by atoms with Crippen LogP contribution in [0.2, 0.25) is 0 Å². The van der Waals surface area contributed by atoms with E-state index in [1.807, 2.05) is 20.8 Å². The molecule has 6 nitrogen and oxygen atoms in total. The fourth-order valence-corrected chi connectivity index (χ4v) is 3.05. The van der Waals surface area contributed by atoms with Gasteiger partial charge in [-0.05, 0) is 27.5 Å². The Balaban J connectivity index is 2.48. The van der Waals surface area contributed by atoms with Crippen molar-refractivity contribution in [2.24, 2.45) is 7.05 Å². The third-order valence-electron chi connectivity index (χ3n) is 2.56. The van der Waals surface area contributed by atoms with E-state index in [0.717, 1.165) is 10.6 Å². The molecule has 18 heavy (non-hydrogen) atoms. The first-order chi connectivity index (χ1) is 8.32. The van der Waals surface area contributed by atoms with Crippen molar-refractivity contribution in [3.8, 4) is 0 Å². The molecule has 1 N–H and O–H groups in total. The van der Waals surface area contributed by atoms with E-state index in [-0.39, 0.29) is 5.41 Å². The summed E-state index contributed by atoms with van der Waals surface area (Å²) >= 11 is 4.49. The highest BCUT2D eigenvalue weighted by atomic mass is 79.9. The molecule has 0 fully saturated rings. The monoisotopic (exact) mass is 331 g/mol. The van der Waals surface area contributed by atoms with Crippen LogP contribution in [0.1, 0.15) is 43.1 Å². The third-order valence-corrected chi connectivity index (χ3v) is 3.90. The van der Waals surface area contributed by atoms with E-state index >= 15 is 0 Å². The molecule has 1 atom stereocenters. The Morgan fingerprint density at radius 1 is 1.33 bits per heavy atom. The van der Waals surface area contributed by atoms with Crippen LogP contribution in [0.3, 0.4) is 0 Å². The average molecular weight is 332 g/mol. The van der Waals surface area contributed by atoms with Crippen molar-refractivity contribution in [3.05, 3.63) is 20.9 Å². The number of halogens is 1. The molecule has 0 radical (unpaired) electrons. The predicted octanol–water partition coefficient (Wildman–Crippen LogP) is 1.81. The van der Waals surface area contributed by atoms with Gasteiger partial charge >= 0.3 is 0 Å². The first-order valence-corrected chi connectivity index (χ1v) is 6.95. The molecule has 0 aliphatic heterocycles. The fourth-order valence-electron chi connectivity index (χ4n) is 1.65. The quantitative estimate of drug-likeness (QED) is 0.908. The molecule has 98 valence electrons. The van der Waals surface area contributed by atoms with Gasteiger partial charge < -0.3 is 5.11 Å². The fraction of sp³-hybridized carbons (Fsp3) is 0.600. The summed E-state index contributed by atoms with van der Waals surface area (Å²) in [6, 6.07) is 0. The maximum Gasteiger partial charge on any atom is 0.154 e. The van der Waals surface area contributed by atoms with Crippen molar-refractivity contribution < 1.29 is 5.11 Å². The highest BCUT2D eigenvalue weighted by Crippen LogP contribution is 2.35. The van der Waals surface area contributed by atoms with Crippen LogP contribution in [0.5, 0.6) is 0 Å². The molecular weight excluding hydrogens is 318 g/mol. The van der Waals surface area contributed by atoms with Gasteiger partial charge in [-0.1, -0.05) is 30.5 Å². The van der Waals surface area contributed by atoms with Crippen LogP contribution in [0.25, 0.3) is 0 Å². The number of aromatic nitrogens is 5. The Labute approximate surface area is 117 Å². The number of hydrogen-bond acceptors (Lipinski definition) is 6. The highest BCUT2D eigenvalue weighted by molar-refractivity contribution is 9.10. The summed E-state index contributed by atoms with van der Waals surface area (Å²) in [7, 11) is 1.74. The maximum atomic E-state index is 10.5. The minimum absolute atomic E-state index is 0.165. The zero-order valence-electron chi connectivity index (χ0n) is 10.5. The minimum atomic E-state index is -0.825. The number of aliphatic hydroxyl groups excluding tert-OH is 1. The molecule has 8 heteroatoms. The molecule has 2 aromatic heterocycles. The zero-order valence-corrected chi connectivity index (χ0v) is 12.9. The van der Waals surface area contributed by atoms with Gasteiger partial charge in [0.05, 0.1) is 10.6 Å². The van der Waals surface area contributed by atoms with Gasteiger partial charge in [-0.3, -0.25) is 0 Å². The van der Waals surface area contributed by atoms with Crippen LogP contribution < -0.4 is 0 Å². The van der Waals surface area contributed by atoms with E-state index in [4.69, 9.17) is 0 Å². The van der Waals surface area contributed by atoms with E-state index < -0.39 is 6.10 Å². The van der Waals surface area contributed by atoms with Crippen LogP contribution in [-0.4, -0.2) is 29.7 Å². The van der Waals surface area contributed by atoms with Gasteiger partial charge in [0.15, 0.2) is 4.60 Å². The molecule has 0 bridgehead atoms. The maximum absolute atomic E-state index is 10.5. The normalized spacial score (nSPS) is 13.9. The molecule has 1 unspecified atom stereocenters. The van der Waals surface area contributed by atoms with E-state index in [2.05, 4.69) is 35.8 Å². The Hall–Kier alpha value is -0.860. The summed E-state index contributed by atoms with van der Waals surface area (Å²) in [6.45, 7) is 6.11. The van der Waals surface area contributed by atoms with Gasteiger partial charge in [0.25, 0.3) is 0 Å². The summed E-state index contributed by atoms with van der Waals surface area (Å²) < 4.78 is 6.02. The lowest BCUT2D eigenvalue weighted by Gasteiger charge is -2.18. The van der Waals surface area contributed by atoms with E-state index in [1.54, 1.807) is 11.7 Å². The number of aliphatic hydroxyl groups is 1. The van der Waals surface area contributed by atoms with Gasteiger partial charge in [0, 0.05) is 12.5 Å². The second-order valence-electron chi connectivity index (χ2n) is 5.03. The van der Waals surface area contributed by atoms with E-state index in [1.165, 1.54) is 11.5 Å². The summed E-state index contributed by atoms with van der Waals surface area (Å²) in [5.74, 6) is 0. The lowest BCUT2D eigenvalue weighted by atomic mass is 9.90. The van der Waals surface area contributed by atoms with Gasteiger partial charge in [-0.15, -0.1) is 10.2 Å². The molecule has 2 aromatic rings. The van der Waals surface area contributed by atoms with Gasteiger partial charge in [-0.2, -0.15) is 0 Å². The lowest BCUT2D eigenvalue weighted by Crippen LogP contribution is -2.17. The summed E-state index contributed by atoms with van der Waals surface area (Å²) in [5.41, 5.74) is 1.24. The first-order valence-electron chi connectivity index (χ1n) is 5.38. The Morgan fingerprint density at radius 2 is 2.00 bits per heavy atom. The summed E-state index contributed by atoms with van der Waals surface area (Å²) in [5, 5.41) is 22.3. The SMILES string of the molecule is Cn1nnc(Br)c1C(O)c1snnc1C(C)(C)C. The molecule has 0 aliphatic rings. The molecule has 0 amide bonds.